The standard InChI is InChI=1S/C25H28N4O3/c1-18-8-4-5-9-21(18)25-28-27-24(32-25)20-12-10-19(11-13-20)23(31)26-15-14-22(30)29-16-6-2-3-7-17-29/h4-5,8-13H,2-3,6-7,14-17H2,1H3,(H,26,31). The molecule has 0 unspecified atom stereocenters. The van der Waals surface area contributed by atoms with Crippen molar-refractivity contribution in [1.29, 1.82) is 0 Å². The van der Waals surface area contributed by atoms with Gasteiger partial charge in [0, 0.05) is 42.7 Å². The highest BCUT2D eigenvalue weighted by molar-refractivity contribution is 5.94. The van der Waals surface area contributed by atoms with Gasteiger partial charge in [-0.25, -0.2) is 0 Å². The summed E-state index contributed by atoms with van der Waals surface area (Å²) in [6.45, 7) is 3.98. The lowest BCUT2D eigenvalue weighted by molar-refractivity contribution is -0.131. The molecule has 0 aliphatic carbocycles. The van der Waals surface area contributed by atoms with Gasteiger partial charge in [-0.15, -0.1) is 10.2 Å². The summed E-state index contributed by atoms with van der Waals surface area (Å²) in [6.07, 6.45) is 4.84. The van der Waals surface area contributed by atoms with Gasteiger partial charge in [-0.05, 0) is 55.7 Å². The summed E-state index contributed by atoms with van der Waals surface area (Å²) in [5.74, 6) is 0.780. The van der Waals surface area contributed by atoms with Crippen LogP contribution in [0.1, 0.15) is 48.0 Å². The third-order valence-corrected chi connectivity index (χ3v) is 5.78. The second-order valence-corrected chi connectivity index (χ2v) is 8.11. The fraction of sp³-hybridized carbons (Fsp3) is 0.360. The predicted octanol–water partition coefficient (Wildman–Crippen LogP) is 4.23. The Morgan fingerprint density at radius 2 is 1.62 bits per heavy atom. The van der Waals surface area contributed by atoms with Gasteiger partial charge in [0.2, 0.25) is 17.7 Å². The van der Waals surface area contributed by atoms with Crippen molar-refractivity contribution in [2.45, 2.75) is 39.0 Å². The minimum absolute atomic E-state index is 0.114. The Balaban J connectivity index is 1.32. The van der Waals surface area contributed by atoms with Crippen LogP contribution in [0, 0.1) is 6.92 Å². The monoisotopic (exact) mass is 432 g/mol. The number of rotatable bonds is 6. The van der Waals surface area contributed by atoms with E-state index in [9.17, 15) is 9.59 Å². The molecule has 0 bridgehead atoms. The molecule has 7 heteroatoms. The zero-order chi connectivity index (χ0) is 22.3. The molecule has 1 fully saturated rings. The highest BCUT2D eigenvalue weighted by Crippen LogP contribution is 2.26. The zero-order valence-electron chi connectivity index (χ0n) is 18.3. The van der Waals surface area contributed by atoms with Crippen LogP contribution in [0.3, 0.4) is 0 Å². The normalized spacial score (nSPS) is 14.1. The number of benzene rings is 2. The van der Waals surface area contributed by atoms with Crippen molar-refractivity contribution in [3.05, 3.63) is 59.7 Å². The van der Waals surface area contributed by atoms with Crippen LogP contribution < -0.4 is 5.32 Å². The first-order chi connectivity index (χ1) is 15.6. The zero-order valence-corrected chi connectivity index (χ0v) is 18.3. The summed E-state index contributed by atoms with van der Waals surface area (Å²) in [5.41, 5.74) is 3.22. The van der Waals surface area contributed by atoms with E-state index in [2.05, 4.69) is 15.5 Å². The van der Waals surface area contributed by atoms with Gasteiger partial charge in [0.1, 0.15) is 0 Å². The average Bonchev–Trinajstić information content (AvgIpc) is 3.13. The van der Waals surface area contributed by atoms with E-state index in [4.69, 9.17) is 4.42 Å². The number of carbonyl (C=O) groups is 2. The topological polar surface area (TPSA) is 88.3 Å². The van der Waals surface area contributed by atoms with Gasteiger partial charge in [-0.1, -0.05) is 31.0 Å². The SMILES string of the molecule is Cc1ccccc1-c1nnc(-c2ccc(C(=O)NCCC(=O)N3CCCCCC3)cc2)o1. The van der Waals surface area contributed by atoms with Crippen molar-refractivity contribution in [2.75, 3.05) is 19.6 Å². The van der Waals surface area contributed by atoms with Crippen molar-refractivity contribution in [3.8, 4) is 22.9 Å². The summed E-state index contributed by atoms with van der Waals surface area (Å²) >= 11 is 0. The maximum atomic E-state index is 12.4. The lowest BCUT2D eigenvalue weighted by Crippen LogP contribution is -2.35. The summed E-state index contributed by atoms with van der Waals surface area (Å²) in [7, 11) is 0. The first-order valence-electron chi connectivity index (χ1n) is 11.2. The van der Waals surface area contributed by atoms with E-state index in [1.807, 2.05) is 36.1 Å². The smallest absolute Gasteiger partial charge is 0.251 e. The maximum absolute atomic E-state index is 12.4. The molecule has 2 heterocycles. The van der Waals surface area contributed by atoms with Crippen LogP contribution in [-0.2, 0) is 4.79 Å². The summed E-state index contributed by atoms with van der Waals surface area (Å²) in [4.78, 5) is 26.7. The van der Waals surface area contributed by atoms with E-state index in [0.717, 1.165) is 42.6 Å². The molecule has 1 aromatic heterocycles. The molecule has 1 saturated heterocycles. The summed E-state index contributed by atoms with van der Waals surface area (Å²) < 4.78 is 5.83. The number of carbonyl (C=O) groups excluding carboxylic acids is 2. The minimum atomic E-state index is -0.202. The van der Waals surface area contributed by atoms with Gasteiger partial charge in [0.05, 0.1) is 0 Å². The van der Waals surface area contributed by atoms with Crippen LogP contribution in [0.4, 0.5) is 0 Å². The van der Waals surface area contributed by atoms with E-state index in [1.165, 1.54) is 12.8 Å². The van der Waals surface area contributed by atoms with Gasteiger partial charge in [0.25, 0.3) is 5.91 Å². The molecular weight excluding hydrogens is 404 g/mol. The van der Waals surface area contributed by atoms with E-state index >= 15 is 0 Å². The molecule has 4 rings (SSSR count). The fourth-order valence-corrected chi connectivity index (χ4v) is 3.89. The third kappa shape index (κ3) is 5.22. The van der Waals surface area contributed by atoms with Crippen LogP contribution in [0.25, 0.3) is 22.9 Å². The largest absolute Gasteiger partial charge is 0.416 e. The van der Waals surface area contributed by atoms with Crippen molar-refractivity contribution in [1.82, 2.24) is 20.4 Å². The van der Waals surface area contributed by atoms with Crippen molar-refractivity contribution >= 4 is 11.8 Å². The number of hydrogen-bond acceptors (Lipinski definition) is 5. The van der Waals surface area contributed by atoms with E-state index in [1.54, 1.807) is 24.3 Å². The number of aryl methyl sites for hydroxylation is 1. The number of likely N-dealkylation sites (tertiary alicyclic amines) is 1. The molecule has 166 valence electrons. The van der Waals surface area contributed by atoms with Crippen LogP contribution in [0.2, 0.25) is 0 Å². The van der Waals surface area contributed by atoms with Crippen molar-refractivity contribution in [3.63, 3.8) is 0 Å². The number of nitrogens with one attached hydrogen (secondary N) is 1. The quantitative estimate of drug-likeness (QED) is 0.630. The molecule has 32 heavy (non-hydrogen) atoms. The number of hydrogen-bond donors (Lipinski definition) is 1. The third-order valence-electron chi connectivity index (χ3n) is 5.78. The molecule has 1 N–H and O–H groups in total. The highest BCUT2D eigenvalue weighted by Gasteiger charge is 2.16. The summed E-state index contributed by atoms with van der Waals surface area (Å²) in [5, 5.41) is 11.1. The van der Waals surface area contributed by atoms with Crippen molar-refractivity contribution < 1.29 is 14.0 Å². The Kier molecular flexibility index (Phi) is 6.94. The minimum Gasteiger partial charge on any atom is -0.416 e. The number of aromatic nitrogens is 2. The Bertz CT molecular complexity index is 1070. The number of amides is 2. The summed E-state index contributed by atoms with van der Waals surface area (Å²) in [6, 6.07) is 14.8. The predicted molar refractivity (Wildman–Crippen MR) is 122 cm³/mol. The lowest BCUT2D eigenvalue weighted by atomic mass is 10.1. The first-order valence-corrected chi connectivity index (χ1v) is 11.2. The molecule has 2 aromatic carbocycles. The van der Waals surface area contributed by atoms with Gasteiger partial charge in [0.15, 0.2) is 0 Å². The Labute approximate surface area is 187 Å². The van der Waals surface area contributed by atoms with Gasteiger partial charge < -0.3 is 14.6 Å². The first kappa shape index (κ1) is 21.7. The Morgan fingerprint density at radius 3 is 2.34 bits per heavy atom. The molecule has 0 saturated carbocycles. The average molecular weight is 433 g/mol. The molecule has 1 aliphatic heterocycles. The van der Waals surface area contributed by atoms with E-state index in [0.29, 0.717) is 30.3 Å². The van der Waals surface area contributed by atoms with Gasteiger partial charge in [-0.2, -0.15) is 0 Å². The van der Waals surface area contributed by atoms with Crippen molar-refractivity contribution in [2.24, 2.45) is 0 Å². The lowest BCUT2D eigenvalue weighted by Gasteiger charge is -2.20. The second kappa shape index (κ2) is 10.2. The molecule has 1 aliphatic rings. The van der Waals surface area contributed by atoms with Crippen LogP contribution >= 0.6 is 0 Å². The molecule has 0 radical (unpaired) electrons. The molecule has 0 spiro atoms. The molecule has 0 atom stereocenters. The fourth-order valence-electron chi connectivity index (χ4n) is 3.89. The highest BCUT2D eigenvalue weighted by atomic mass is 16.4. The Hall–Kier alpha value is -3.48. The maximum Gasteiger partial charge on any atom is 0.251 e. The van der Waals surface area contributed by atoms with Crippen LogP contribution in [0.15, 0.2) is 52.9 Å². The molecule has 7 nitrogen and oxygen atoms in total. The molecular formula is C25H28N4O3. The van der Waals surface area contributed by atoms with Crippen LogP contribution in [0.5, 0.6) is 0 Å². The van der Waals surface area contributed by atoms with E-state index in [-0.39, 0.29) is 11.8 Å². The molecule has 2 amide bonds. The molecule has 3 aromatic rings. The van der Waals surface area contributed by atoms with Gasteiger partial charge >= 0.3 is 0 Å². The van der Waals surface area contributed by atoms with Crippen LogP contribution in [-0.4, -0.2) is 46.5 Å². The Morgan fingerprint density at radius 1 is 0.938 bits per heavy atom. The van der Waals surface area contributed by atoms with Gasteiger partial charge in [-0.3, -0.25) is 9.59 Å². The number of nitrogens with zero attached hydrogens (tertiary/aromatic N) is 3. The van der Waals surface area contributed by atoms with E-state index < -0.39 is 0 Å². The second-order valence-electron chi connectivity index (χ2n) is 8.11.